The Morgan fingerprint density at radius 2 is 2.00 bits per heavy atom. The second kappa shape index (κ2) is 2.77. The van der Waals surface area contributed by atoms with E-state index in [9.17, 15) is 13.2 Å². The third kappa shape index (κ3) is 1.32. The summed E-state index contributed by atoms with van der Waals surface area (Å²) in [7, 11) is 0. The minimum atomic E-state index is -3.01. The van der Waals surface area contributed by atoms with E-state index in [0.29, 0.717) is 0 Å². The van der Waals surface area contributed by atoms with Crippen LogP contribution in [-0.4, -0.2) is 6.43 Å². The molecule has 1 aromatic heterocycles. The Morgan fingerprint density at radius 3 is 2.40 bits per heavy atom. The van der Waals surface area contributed by atoms with Crippen LogP contribution in [0.5, 0.6) is 0 Å². The molecule has 0 aromatic carbocycles. The molecule has 0 aliphatic heterocycles. The van der Waals surface area contributed by atoms with Crippen molar-refractivity contribution in [2.45, 2.75) is 12.6 Å². The zero-order chi connectivity index (χ0) is 7.56. The lowest BCUT2D eigenvalue weighted by atomic mass is 10.3. The molecule has 0 fully saturated rings. The minimum absolute atomic E-state index is 0.324. The number of rotatable bonds is 2. The van der Waals surface area contributed by atoms with E-state index >= 15 is 0 Å². The van der Waals surface area contributed by atoms with Gasteiger partial charge >= 0.3 is 0 Å². The van der Waals surface area contributed by atoms with Gasteiger partial charge in [-0.2, -0.15) is 0 Å². The lowest BCUT2D eigenvalue weighted by Gasteiger charge is -2.00. The second-order valence-corrected chi connectivity index (χ2v) is 1.75. The zero-order valence-electron chi connectivity index (χ0n) is 4.93. The molecule has 1 unspecified atom stereocenters. The molecule has 10 heavy (non-hydrogen) atoms. The fourth-order valence-corrected chi connectivity index (χ4v) is 0.572. The van der Waals surface area contributed by atoms with Gasteiger partial charge in [0.25, 0.3) is 6.43 Å². The molecule has 0 N–H and O–H groups in total. The molecule has 0 aliphatic rings. The Hall–Kier alpha value is -0.930. The SMILES string of the molecule is FC(F)C(F)c1ccco1. The molecule has 1 nitrogen and oxygen atoms in total. The molecule has 0 amide bonds. The van der Waals surface area contributed by atoms with E-state index in [-0.39, 0.29) is 5.76 Å². The van der Waals surface area contributed by atoms with E-state index in [1.807, 2.05) is 0 Å². The van der Waals surface area contributed by atoms with Gasteiger partial charge in [0.15, 0.2) is 0 Å². The molecule has 1 aromatic rings. The van der Waals surface area contributed by atoms with Crippen LogP contribution >= 0.6 is 0 Å². The number of alkyl halides is 3. The summed E-state index contributed by atoms with van der Waals surface area (Å²) in [5.74, 6) is -0.324. The molecule has 0 saturated heterocycles. The summed E-state index contributed by atoms with van der Waals surface area (Å²) < 4.78 is 39.8. The highest BCUT2D eigenvalue weighted by Gasteiger charge is 2.23. The summed E-state index contributed by atoms with van der Waals surface area (Å²) in [4.78, 5) is 0. The van der Waals surface area contributed by atoms with Crippen LogP contribution in [0.25, 0.3) is 0 Å². The molecule has 0 bridgehead atoms. The second-order valence-electron chi connectivity index (χ2n) is 1.75. The lowest BCUT2D eigenvalue weighted by Crippen LogP contribution is -2.00. The highest BCUT2D eigenvalue weighted by Crippen LogP contribution is 2.24. The third-order valence-corrected chi connectivity index (χ3v) is 1.04. The lowest BCUT2D eigenvalue weighted by molar-refractivity contribution is 0.0377. The van der Waals surface area contributed by atoms with Gasteiger partial charge in [-0.15, -0.1) is 0 Å². The molecule has 1 rings (SSSR count). The fraction of sp³-hybridized carbons (Fsp3) is 0.333. The van der Waals surface area contributed by atoms with Crippen LogP contribution in [0, 0.1) is 0 Å². The van der Waals surface area contributed by atoms with E-state index in [0.717, 1.165) is 6.26 Å². The van der Waals surface area contributed by atoms with Gasteiger partial charge in [0, 0.05) is 0 Å². The number of halogens is 3. The highest BCUT2D eigenvalue weighted by atomic mass is 19.3. The van der Waals surface area contributed by atoms with Crippen LogP contribution in [0.3, 0.4) is 0 Å². The van der Waals surface area contributed by atoms with Crippen molar-refractivity contribution in [3.8, 4) is 0 Å². The van der Waals surface area contributed by atoms with Crippen molar-refractivity contribution >= 4 is 0 Å². The van der Waals surface area contributed by atoms with Gasteiger partial charge < -0.3 is 4.42 Å². The normalized spacial score (nSPS) is 14.0. The maximum atomic E-state index is 12.2. The van der Waals surface area contributed by atoms with Crippen LogP contribution in [0.2, 0.25) is 0 Å². The molecule has 1 atom stereocenters. The summed E-state index contributed by atoms with van der Waals surface area (Å²) in [6, 6.07) is 2.54. The van der Waals surface area contributed by atoms with Crippen molar-refractivity contribution in [3.63, 3.8) is 0 Å². The van der Waals surface area contributed by atoms with Crippen molar-refractivity contribution in [2.24, 2.45) is 0 Å². The van der Waals surface area contributed by atoms with E-state index in [4.69, 9.17) is 0 Å². The van der Waals surface area contributed by atoms with Gasteiger partial charge in [-0.05, 0) is 12.1 Å². The van der Waals surface area contributed by atoms with Gasteiger partial charge in [-0.1, -0.05) is 0 Å². The van der Waals surface area contributed by atoms with Gasteiger partial charge in [-0.25, -0.2) is 13.2 Å². The molecule has 0 radical (unpaired) electrons. The van der Waals surface area contributed by atoms with Crippen molar-refractivity contribution in [1.82, 2.24) is 0 Å². The number of hydrogen-bond acceptors (Lipinski definition) is 1. The summed E-state index contributed by atoms with van der Waals surface area (Å²) in [6.07, 6.45) is -4.15. The minimum Gasteiger partial charge on any atom is -0.466 e. The van der Waals surface area contributed by atoms with Crippen molar-refractivity contribution in [1.29, 1.82) is 0 Å². The Morgan fingerprint density at radius 1 is 1.30 bits per heavy atom. The van der Waals surface area contributed by atoms with Gasteiger partial charge in [-0.3, -0.25) is 0 Å². The number of furan rings is 1. The Balaban J connectivity index is 2.68. The summed E-state index contributed by atoms with van der Waals surface area (Å²) in [5.41, 5.74) is 0. The van der Waals surface area contributed by atoms with Crippen molar-refractivity contribution < 1.29 is 17.6 Å². The zero-order valence-corrected chi connectivity index (χ0v) is 4.93. The Kier molecular flexibility index (Phi) is 1.99. The molecule has 0 spiro atoms. The van der Waals surface area contributed by atoms with E-state index in [1.165, 1.54) is 12.1 Å². The maximum Gasteiger partial charge on any atom is 0.276 e. The third-order valence-electron chi connectivity index (χ3n) is 1.04. The predicted octanol–water partition coefficient (Wildman–Crippen LogP) is 2.56. The van der Waals surface area contributed by atoms with E-state index in [1.54, 1.807) is 0 Å². The average Bonchev–Trinajstić information content (AvgIpc) is 2.36. The first kappa shape index (κ1) is 7.18. The highest BCUT2D eigenvalue weighted by molar-refractivity contribution is 5.02. The predicted molar refractivity (Wildman–Crippen MR) is 28.6 cm³/mol. The smallest absolute Gasteiger partial charge is 0.276 e. The Bertz CT molecular complexity index is 183. The first-order chi connectivity index (χ1) is 4.72. The fourth-order valence-electron chi connectivity index (χ4n) is 0.572. The summed E-state index contributed by atoms with van der Waals surface area (Å²) in [5, 5.41) is 0. The van der Waals surface area contributed by atoms with Crippen LogP contribution in [0.1, 0.15) is 11.9 Å². The molecule has 0 aliphatic carbocycles. The molecule has 56 valence electrons. The first-order valence-electron chi connectivity index (χ1n) is 2.67. The standard InChI is InChI=1S/C6H5F3O/c7-5(6(8)9)4-2-1-3-10-4/h1-3,5-6H. The topological polar surface area (TPSA) is 13.1 Å². The first-order valence-corrected chi connectivity index (χ1v) is 2.67. The summed E-state index contributed by atoms with van der Waals surface area (Å²) >= 11 is 0. The van der Waals surface area contributed by atoms with Gasteiger partial charge in [0.2, 0.25) is 6.17 Å². The van der Waals surface area contributed by atoms with Gasteiger partial charge in [0.1, 0.15) is 5.76 Å². The molecule has 0 saturated carbocycles. The van der Waals surface area contributed by atoms with E-state index in [2.05, 4.69) is 4.42 Å². The number of hydrogen-bond donors (Lipinski definition) is 0. The summed E-state index contributed by atoms with van der Waals surface area (Å²) in [6.45, 7) is 0. The quantitative estimate of drug-likeness (QED) is 0.631. The Labute approximate surface area is 55.5 Å². The molecular formula is C6H5F3O. The maximum absolute atomic E-state index is 12.2. The van der Waals surface area contributed by atoms with Crippen molar-refractivity contribution in [3.05, 3.63) is 24.2 Å². The average molecular weight is 150 g/mol. The van der Waals surface area contributed by atoms with Crippen molar-refractivity contribution in [2.75, 3.05) is 0 Å². The van der Waals surface area contributed by atoms with Crippen LogP contribution in [-0.2, 0) is 0 Å². The largest absolute Gasteiger partial charge is 0.466 e. The van der Waals surface area contributed by atoms with Crippen LogP contribution < -0.4 is 0 Å². The molecule has 4 heteroatoms. The van der Waals surface area contributed by atoms with Gasteiger partial charge in [0.05, 0.1) is 6.26 Å². The molecule has 1 heterocycles. The van der Waals surface area contributed by atoms with Crippen LogP contribution in [0.15, 0.2) is 22.8 Å². The van der Waals surface area contributed by atoms with Crippen LogP contribution in [0.4, 0.5) is 13.2 Å². The molecular weight excluding hydrogens is 145 g/mol. The van der Waals surface area contributed by atoms with E-state index < -0.39 is 12.6 Å². The monoisotopic (exact) mass is 150 g/mol.